The normalized spacial score (nSPS) is 31.0. The predicted molar refractivity (Wildman–Crippen MR) is 130 cm³/mol. The molecule has 0 amide bonds. The molecule has 0 aromatic heterocycles. The van der Waals surface area contributed by atoms with Gasteiger partial charge in [-0.3, -0.25) is 0 Å². The van der Waals surface area contributed by atoms with Gasteiger partial charge in [-0.25, -0.2) is 4.79 Å². The van der Waals surface area contributed by atoms with E-state index in [0.717, 1.165) is 43.2 Å². The molecule has 1 heterocycles. The van der Waals surface area contributed by atoms with Crippen LogP contribution in [-0.2, 0) is 16.0 Å². The SMILES string of the molecule is C=C(C)[C@H]1CCC(C)=C[C@@H]1c1c(O)cc(CCCCC)cc1O[C@@H]1O[C@H](C(=O)O)[C@@H](O)[C@H](O)[C@H]1O. The van der Waals surface area contributed by atoms with Gasteiger partial charge >= 0.3 is 5.97 Å². The maximum absolute atomic E-state index is 11.5. The maximum Gasteiger partial charge on any atom is 0.335 e. The predicted octanol–water partition coefficient (Wildman–Crippen LogP) is 3.41. The zero-order valence-electron chi connectivity index (χ0n) is 20.7. The highest BCUT2D eigenvalue weighted by Crippen LogP contribution is 2.47. The number of hydrogen-bond acceptors (Lipinski definition) is 7. The van der Waals surface area contributed by atoms with E-state index in [4.69, 9.17) is 9.47 Å². The molecule has 5 N–H and O–H groups in total. The molecule has 0 radical (unpaired) electrons. The zero-order chi connectivity index (χ0) is 25.9. The van der Waals surface area contributed by atoms with E-state index in [1.807, 2.05) is 13.8 Å². The number of rotatable bonds is 9. The number of aryl methyl sites for hydroxylation is 1. The fourth-order valence-electron chi connectivity index (χ4n) is 5.00. The van der Waals surface area contributed by atoms with Crippen molar-refractivity contribution in [2.75, 3.05) is 0 Å². The number of hydrogen-bond donors (Lipinski definition) is 5. The van der Waals surface area contributed by atoms with Crippen LogP contribution in [0.2, 0.25) is 0 Å². The third kappa shape index (κ3) is 6.06. The lowest BCUT2D eigenvalue weighted by molar-refractivity contribution is -0.271. The number of carbonyl (C=O) groups is 1. The van der Waals surface area contributed by atoms with E-state index in [-0.39, 0.29) is 23.3 Å². The average Bonchev–Trinajstić information content (AvgIpc) is 2.79. The molecule has 3 rings (SSSR count). The van der Waals surface area contributed by atoms with Crippen LogP contribution in [0.1, 0.15) is 69.9 Å². The van der Waals surface area contributed by atoms with Gasteiger partial charge in [0.25, 0.3) is 0 Å². The number of carboxylic acids is 1. The maximum atomic E-state index is 11.5. The number of phenolic OH excluding ortho intramolecular Hbond substituents is 1. The van der Waals surface area contributed by atoms with Gasteiger partial charge in [0.1, 0.15) is 29.8 Å². The molecule has 1 aromatic rings. The number of benzene rings is 1. The molecular formula is C27H38O8. The molecule has 8 heteroatoms. The Balaban J connectivity index is 2.05. The number of aliphatic hydroxyl groups is 3. The van der Waals surface area contributed by atoms with Crippen LogP contribution >= 0.6 is 0 Å². The molecular weight excluding hydrogens is 452 g/mol. The highest BCUT2D eigenvalue weighted by molar-refractivity contribution is 5.73. The summed E-state index contributed by atoms with van der Waals surface area (Å²) in [6.07, 6.45) is -1.09. The van der Waals surface area contributed by atoms with Crippen LogP contribution in [0, 0.1) is 5.92 Å². The molecule has 0 spiro atoms. The Hall–Kier alpha value is -2.39. The Morgan fingerprint density at radius 3 is 2.51 bits per heavy atom. The zero-order valence-corrected chi connectivity index (χ0v) is 20.7. The summed E-state index contributed by atoms with van der Waals surface area (Å²) in [5, 5.41) is 51.4. The van der Waals surface area contributed by atoms with E-state index in [1.165, 1.54) is 5.57 Å². The summed E-state index contributed by atoms with van der Waals surface area (Å²) in [5.74, 6) is -1.39. The Morgan fingerprint density at radius 2 is 1.89 bits per heavy atom. The van der Waals surface area contributed by atoms with Crippen LogP contribution in [0.5, 0.6) is 11.5 Å². The molecule has 0 saturated carbocycles. The minimum atomic E-state index is -1.81. The summed E-state index contributed by atoms with van der Waals surface area (Å²) in [6.45, 7) is 10.2. The van der Waals surface area contributed by atoms with Crippen molar-refractivity contribution in [3.05, 3.63) is 47.1 Å². The molecule has 1 aromatic carbocycles. The van der Waals surface area contributed by atoms with Crippen LogP contribution in [0.3, 0.4) is 0 Å². The van der Waals surface area contributed by atoms with Crippen molar-refractivity contribution in [1.82, 2.24) is 0 Å². The van der Waals surface area contributed by atoms with Crippen molar-refractivity contribution in [3.63, 3.8) is 0 Å². The largest absolute Gasteiger partial charge is 0.507 e. The first-order valence-electron chi connectivity index (χ1n) is 12.3. The second-order valence-electron chi connectivity index (χ2n) is 9.87. The Morgan fingerprint density at radius 1 is 1.17 bits per heavy atom. The van der Waals surface area contributed by atoms with Gasteiger partial charge in [0.2, 0.25) is 6.29 Å². The topological polar surface area (TPSA) is 137 Å². The summed E-state index contributed by atoms with van der Waals surface area (Å²) in [5.41, 5.74) is 3.47. The number of phenols is 1. The smallest absolute Gasteiger partial charge is 0.335 e. The number of unbranched alkanes of at least 4 members (excludes halogenated alkanes) is 2. The molecule has 8 nitrogen and oxygen atoms in total. The van der Waals surface area contributed by atoms with E-state index in [2.05, 4.69) is 19.6 Å². The van der Waals surface area contributed by atoms with Crippen LogP contribution in [-0.4, -0.2) is 62.2 Å². The fourth-order valence-corrected chi connectivity index (χ4v) is 5.00. The standard InChI is InChI=1S/C27H38O8/c1-5-6-7-8-16-12-19(28)21(18-11-15(4)9-10-17(18)14(2)3)20(13-16)34-27-24(31)22(29)23(30)25(35-27)26(32)33/h11-13,17-18,22-25,27-31H,2,5-10H2,1,3-4H3,(H,32,33)/t17-,18+,22+,23+,24-,25+,27-/m1/s1. The first-order chi connectivity index (χ1) is 16.5. The monoisotopic (exact) mass is 490 g/mol. The van der Waals surface area contributed by atoms with Crippen LogP contribution < -0.4 is 4.74 Å². The molecule has 2 aliphatic rings. The summed E-state index contributed by atoms with van der Waals surface area (Å²) in [4.78, 5) is 11.5. The summed E-state index contributed by atoms with van der Waals surface area (Å²) in [6, 6.07) is 3.50. The van der Waals surface area contributed by atoms with Gasteiger partial charge in [0.15, 0.2) is 6.10 Å². The minimum absolute atomic E-state index is 0.0388. The van der Waals surface area contributed by atoms with Gasteiger partial charge in [-0.15, -0.1) is 0 Å². The minimum Gasteiger partial charge on any atom is -0.507 e. The second-order valence-corrected chi connectivity index (χ2v) is 9.87. The number of aliphatic hydroxyl groups excluding tert-OH is 3. The first-order valence-corrected chi connectivity index (χ1v) is 12.3. The van der Waals surface area contributed by atoms with E-state index in [1.54, 1.807) is 12.1 Å². The van der Waals surface area contributed by atoms with Crippen molar-refractivity contribution in [2.45, 2.75) is 95.9 Å². The number of carboxylic acid groups (broad SMARTS) is 1. The van der Waals surface area contributed by atoms with E-state index >= 15 is 0 Å². The number of ether oxygens (including phenoxy) is 2. The summed E-state index contributed by atoms with van der Waals surface area (Å²) in [7, 11) is 0. The summed E-state index contributed by atoms with van der Waals surface area (Å²) >= 11 is 0. The molecule has 35 heavy (non-hydrogen) atoms. The highest BCUT2D eigenvalue weighted by atomic mass is 16.7. The van der Waals surface area contributed by atoms with Gasteiger partial charge in [-0.1, -0.05) is 43.6 Å². The van der Waals surface area contributed by atoms with Gasteiger partial charge in [-0.05, 0) is 63.1 Å². The van der Waals surface area contributed by atoms with E-state index in [9.17, 15) is 30.3 Å². The lowest BCUT2D eigenvalue weighted by Gasteiger charge is -2.39. The number of aliphatic carboxylic acids is 1. The third-order valence-electron chi connectivity index (χ3n) is 7.02. The molecule has 7 atom stereocenters. The van der Waals surface area contributed by atoms with Crippen LogP contribution in [0.15, 0.2) is 35.9 Å². The average molecular weight is 491 g/mol. The van der Waals surface area contributed by atoms with E-state index in [0.29, 0.717) is 12.0 Å². The lowest BCUT2D eigenvalue weighted by atomic mass is 9.73. The van der Waals surface area contributed by atoms with Crippen LogP contribution in [0.4, 0.5) is 0 Å². The number of aromatic hydroxyl groups is 1. The second kappa shape index (κ2) is 11.6. The van der Waals surface area contributed by atoms with Crippen molar-refractivity contribution < 1.29 is 39.8 Å². The molecule has 1 aliphatic carbocycles. The molecule has 1 fully saturated rings. The molecule has 194 valence electrons. The third-order valence-corrected chi connectivity index (χ3v) is 7.02. The van der Waals surface area contributed by atoms with Gasteiger partial charge in [0.05, 0.1) is 0 Å². The fraction of sp³-hybridized carbons (Fsp3) is 0.593. The lowest BCUT2D eigenvalue weighted by Crippen LogP contribution is -2.61. The molecule has 0 bridgehead atoms. The Bertz CT molecular complexity index is 955. The first kappa shape index (κ1) is 27.2. The Labute approximate surface area is 206 Å². The quantitative estimate of drug-likeness (QED) is 0.262. The Kier molecular flexibility index (Phi) is 8.99. The molecule has 1 saturated heterocycles. The summed E-state index contributed by atoms with van der Waals surface area (Å²) < 4.78 is 11.4. The van der Waals surface area contributed by atoms with Crippen molar-refractivity contribution in [3.8, 4) is 11.5 Å². The molecule has 0 unspecified atom stereocenters. The number of allylic oxidation sites excluding steroid dienone is 3. The van der Waals surface area contributed by atoms with Crippen molar-refractivity contribution in [1.29, 1.82) is 0 Å². The van der Waals surface area contributed by atoms with Crippen LogP contribution in [0.25, 0.3) is 0 Å². The van der Waals surface area contributed by atoms with Gasteiger partial charge in [-0.2, -0.15) is 0 Å². The van der Waals surface area contributed by atoms with Gasteiger partial charge < -0.3 is 35.0 Å². The van der Waals surface area contributed by atoms with Crippen molar-refractivity contribution >= 4 is 5.97 Å². The highest BCUT2D eigenvalue weighted by Gasteiger charge is 2.48. The van der Waals surface area contributed by atoms with E-state index < -0.39 is 36.7 Å². The van der Waals surface area contributed by atoms with Crippen molar-refractivity contribution in [2.24, 2.45) is 5.92 Å². The molecule has 1 aliphatic heterocycles. The van der Waals surface area contributed by atoms with Gasteiger partial charge in [0, 0.05) is 11.5 Å².